The number of ether oxygens (including phenoxy) is 7. The van der Waals surface area contributed by atoms with E-state index in [-0.39, 0.29) is 38.2 Å². The van der Waals surface area contributed by atoms with Gasteiger partial charge in [-0.2, -0.15) is 20.2 Å². The first-order chi connectivity index (χ1) is 29.7. The maximum absolute atomic E-state index is 12.9. The van der Waals surface area contributed by atoms with Crippen molar-refractivity contribution < 1.29 is 42.7 Å². The lowest BCUT2D eigenvalue weighted by Crippen LogP contribution is -2.41. The number of carbonyl (C=O) groups is 2. The number of carbonyl (C=O) groups excluding carboxylic acids is 2. The van der Waals surface area contributed by atoms with Gasteiger partial charge in [0.1, 0.15) is 5.75 Å². The number of azo groups is 1. The summed E-state index contributed by atoms with van der Waals surface area (Å²) >= 11 is 0. The van der Waals surface area contributed by atoms with Gasteiger partial charge in [-0.15, -0.1) is 0 Å². The number of aromatic amines is 2. The number of nitrogens with one attached hydrogen (secondary N) is 6. The number of H-pyrrole nitrogens is 2. The molecule has 0 unspecified atom stereocenters. The predicted molar refractivity (Wildman–Crippen MR) is 224 cm³/mol. The van der Waals surface area contributed by atoms with E-state index in [1.165, 1.54) is 12.1 Å². The summed E-state index contributed by atoms with van der Waals surface area (Å²) in [5.74, 6) is 0.603. The molecule has 22 heteroatoms. The number of urea groups is 2. The van der Waals surface area contributed by atoms with Gasteiger partial charge in [0.25, 0.3) is 11.1 Å². The molecule has 0 radical (unpaired) electrons. The van der Waals surface area contributed by atoms with E-state index in [4.69, 9.17) is 33.2 Å². The van der Waals surface area contributed by atoms with Crippen molar-refractivity contribution in [2.24, 2.45) is 10.2 Å². The number of hydrogen-bond acceptors (Lipinski definition) is 16. The average molecular weight is 852 g/mol. The molecule has 61 heavy (non-hydrogen) atoms. The van der Waals surface area contributed by atoms with Gasteiger partial charge in [-0.1, -0.05) is 0 Å². The van der Waals surface area contributed by atoms with E-state index in [9.17, 15) is 19.2 Å². The SMILES string of the molecule is COCCOCCOCc1cc(=O)nc(NC(=O)NCCN(CCNC(=O)Nc2nc(=O)cc(COCCOCCOC)[nH]2)c2ccc(/N=N/c3ccc(OC)cc3)cc2)[nH]1. The third kappa shape index (κ3) is 19.1. The maximum atomic E-state index is 12.9. The van der Waals surface area contributed by atoms with Crippen molar-refractivity contribution in [2.45, 2.75) is 13.2 Å². The maximum Gasteiger partial charge on any atom is 0.321 e. The molecule has 330 valence electrons. The predicted octanol–water partition coefficient (Wildman–Crippen LogP) is 3.09. The standard InChI is InChI=1S/C39H53N11O11/c1-55-16-18-58-20-22-60-26-30-24-34(51)44-36(42-30)46-38(53)40-12-14-50(32-8-4-28(5-9-32)48-49-29-6-10-33(57-3)11-7-29)15-13-41-39(54)47-37-43-31(25-35(52)45-37)27-61-23-21-59-19-17-56-2/h4-11,24-25H,12-23,26-27H2,1-3H3,(H3,40,42,44,46,51,53)(H3,41,43,45,47,52,54)/b49-48+. The van der Waals surface area contributed by atoms with Crippen LogP contribution in [0.3, 0.4) is 0 Å². The highest BCUT2D eigenvalue weighted by Crippen LogP contribution is 2.23. The molecule has 0 spiro atoms. The lowest BCUT2D eigenvalue weighted by atomic mass is 10.2. The fourth-order valence-corrected chi connectivity index (χ4v) is 5.15. The van der Waals surface area contributed by atoms with Crippen molar-refractivity contribution in [3.8, 4) is 5.75 Å². The first-order valence-electron chi connectivity index (χ1n) is 19.2. The van der Waals surface area contributed by atoms with E-state index < -0.39 is 23.2 Å². The Morgan fingerprint density at radius 2 is 1.03 bits per heavy atom. The van der Waals surface area contributed by atoms with Gasteiger partial charge in [-0.05, 0) is 48.5 Å². The van der Waals surface area contributed by atoms with Gasteiger partial charge in [0, 0.05) is 69.6 Å². The molecule has 6 N–H and O–H groups in total. The summed E-state index contributed by atoms with van der Waals surface area (Å²) < 4.78 is 36.8. The van der Waals surface area contributed by atoms with Crippen molar-refractivity contribution in [2.75, 3.05) is 116 Å². The highest BCUT2D eigenvalue weighted by molar-refractivity contribution is 5.87. The molecule has 4 aromatic rings. The Bertz CT molecular complexity index is 1950. The van der Waals surface area contributed by atoms with Gasteiger partial charge < -0.3 is 58.7 Å². The van der Waals surface area contributed by atoms with Crippen LogP contribution in [-0.4, -0.2) is 132 Å². The van der Waals surface area contributed by atoms with Crippen LogP contribution < -0.4 is 42.0 Å². The zero-order valence-corrected chi connectivity index (χ0v) is 34.4. The van der Waals surface area contributed by atoms with Crippen LogP contribution in [0.15, 0.2) is 80.5 Å². The summed E-state index contributed by atoms with van der Waals surface area (Å²) in [5, 5.41) is 19.2. The third-order valence-corrected chi connectivity index (χ3v) is 8.09. The lowest BCUT2D eigenvalue weighted by Gasteiger charge is -2.25. The first kappa shape index (κ1) is 47.4. The summed E-state index contributed by atoms with van der Waals surface area (Å²) in [5.41, 5.74) is 1.74. The highest BCUT2D eigenvalue weighted by Gasteiger charge is 2.12. The molecule has 4 amide bonds. The fraction of sp³-hybridized carbons (Fsp3) is 0.436. The Hall–Kier alpha value is -6.30. The summed E-state index contributed by atoms with van der Waals surface area (Å²) in [4.78, 5) is 65.4. The van der Waals surface area contributed by atoms with E-state index in [1.54, 1.807) is 57.7 Å². The molecule has 0 aliphatic heterocycles. The molecule has 0 aliphatic carbocycles. The monoisotopic (exact) mass is 851 g/mol. The molecule has 0 bridgehead atoms. The molecule has 0 saturated carbocycles. The van der Waals surface area contributed by atoms with Crippen molar-refractivity contribution in [3.05, 3.63) is 92.8 Å². The number of rotatable bonds is 28. The van der Waals surface area contributed by atoms with E-state index in [0.29, 0.717) is 94.5 Å². The van der Waals surface area contributed by atoms with Gasteiger partial charge in [-0.3, -0.25) is 20.2 Å². The smallest absolute Gasteiger partial charge is 0.321 e. The number of benzene rings is 2. The van der Waals surface area contributed by atoms with Crippen LogP contribution in [0.1, 0.15) is 11.4 Å². The van der Waals surface area contributed by atoms with E-state index in [2.05, 4.69) is 51.4 Å². The zero-order chi connectivity index (χ0) is 43.5. The highest BCUT2D eigenvalue weighted by atomic mass is 16.5. The van der Waals surface area contributed by atoms with Crippen molar-refractivity contribution in [3.63, 3.8) is 0 Å². The third-order valence-electron chi connectivity index (χ3n) is 8.09. The fourth-order valence-electron chi connectivity index (χ4n) is 5.15. The molecule has 0 atom stereocenters. The molecule has 22 nitrogen and oxygen atoms in total. The molecule has 2 heterocycles. The molecule has 0 saturated heterocycles. The Morgan fingerprint density at radius 3 is 1.48 bits per heavy atom. The number of anilines is 3. The second kappa shape index (κ2) is 27.5. The van der Waals surface area contributed by atoms with E-state index >= 15 is 0 Å². The van der Waals surface area contributed by atoms with Crippen LogP contribution in [0.5, 0.6) is 5.75 Å². The molecule has 2 aromatic heterocycles. The quantitative estimate of drug-likeness (QED) is 0.0354. The van der Waals surface area contributed by atoms with Crippen LogP contribution in [0.2, 0.25) is 0 Å². The average Bonchev–Trinajstić information content (AvgIpc) is 3.24. The van der Waals surface area contributed by atoms with Crippen molar-refractivity contribution in [1.82, 2.24) is 30.6 Å². The Morgan fingerprint density at radius 1 is 0.607 bits per heavy atom. The summed E-state index contributed by atoms with van der Waals surface area (Å²) in [6, 6.07) is 15.7. The minimum atomic E-state index is -0.607. The van der Waals surface area contributed by atoms with E-state index in [0.717, 1.165) is 5.69 Å². The minimum absolute atomic E-state index is 0.0522. The molecule has 4 rings (SSSR count). The molecule has 2 aromatic carbocycles. The summed E-state index contributed by atoms with van der Waals surface area (Å²) in [7, 11) is 4.76. The van der Waals surface area contributed by atoms with Crippen LogP contribution in [0.4, 0.5) is 38.5 Å². The zero-order valence-electron chi connectivity index (χ0n) is 34.4. The second-order valence-electron chi connectivity index (χ2n) is 12.7. The van der Waals surface area contributed by atoms with Crippen LogP contribution >= 0.6 is 0 Å². The Labute approximate surface area is 351 Å². The number of amides is 4. The molecular weight excluding hydrogens is 798 g/mol. The van der Waals surface area contributed by atoms with E-state index in [1.807, 2.05) is 17.0 Å². The Kier molecular flexibility index (Phi) is 21.3. The van der Waals surface area contributed by atoms with Crippen LogP contribution in [-0.2, 0) is 41.6 Å². The van der Waals surface area contributed by atoms with Gasteiger partial charge in [0.2, 0.25) is 11.9 Å². The second-order valence-corrected chi connectivity index (χ2v) is 12.7. The van der Waals surface area contributed by atoms with Crippen LogP contribution in [0, 0.1) is 0 Å². The van der Waals surface area contributed by atoms with Gasteiger partial charge in [-0.25, -0.2) is 9.59 Å². The summed E-state index contributed by atoms with van der Waals surface area (Å²) in [6.45, 7) is 4.20. The molecule has 0 aliphatic rings. The number of nitrogens with zero attached hydrogens (tertiary/aromatic N) is 5. The number of hydrogen-bond donors (Lipinski definition) is 6. The van der Waals surface area contributed by atoms with Crippen LogP contribution in [0.25, 0.3) is 0 Å². The largest absolute Gasteiger partial charge is 0.497 e. The number of aromatic nitrogens is 4. The minimum Gasteiger partial charge on any atom is -0.497 e. The van der Waals surface area contributed by atoms with Gasteiger partial charge in [0.15, 0.2) is 0 Å². The lowest BCUT2D eigenvalue weighted by molar-refractivity contribution is 0.0192. The Balaban J connectivity index is 1.32. The van der Waals surface area contributed by atoms with Gasteiger partial charge in [0.05, 0.1) is 84.6 Å². The topological polar surface area (TPSA) is 266 Å². The number of methoxy groups -OCH3 is 3. The van der Waals surface area contributed by atoms with Gasteiger partial charge >= 0.3 is 12.1 Å². The summed E-state index contributed by atoms with van der Waals surface area (Å²) in [6.07, 6.45) is 0. The molecule has 0 fully saturated rings. The molecular formula is C39H53N11O11. The normalized spacial score (nSPS) is 11.1. The first-order valence-corrected chi connectivity index (χ1v) is 19.2. The van der Waals surface area contributed by atoms with Crippen molar-refractivity contribution in [1.29, 1.82) is 0 Å². The van der Waals surface area contributed by atoms with Crippen molar-refractivity contribution >= 4 is 41.0 Å².